The van der Waals surface area contributed by atoms with Gasteiger partial charge in [-0.2, -0.15) is 0 Å². The van der Waals surface area contributed by atoms with E-state index >= 15 is 0 Å². The van der Waals surface area contributed by atoms with Crippen LogP contribution >= 0.6 is 0 Å². The minimum Gasteiger partial charge on any atom is -0.504 e. The molecule has 1 fully saturated rings. The predicted molar refractivity (Wildman–Crippen MR) is 77.0 cm³/mol. The Labute approximate surface area is 122 Å². The molecule has 0 spiro atoms. The fourth-order valence-electron chi connectivity index (χ4n) is 2.64. The Morgan fingerprint density at radius 3 is 2.76 bits per heavy atom. The van der Waals surface area contributed by atoms with Crippen LogP contribution in [-0.2, 0) is 4.79 Å². The summed E-state index contributed by atoms with van der Waals surface area (Å²) in [6.45, 7) is 0. The highest BCUT2D eigenvalue weighted by molar-refractivity contribution is 5.91. The van der Waals surface area contributed by atoms with E-state index in [-0.39, 0.29) is 17.4 Å². The number of nitro groups is 1. The molecule has 7 nitrogen and oxygen atoms in total. The van der Waals surface area contributed by atoms with Crippen molar-refractivity contribution in [1.82, 2.24) is 4.98 Å². The Hall–Kier alpha value is -2.18. The van der Waals surface area contributed by atoms with E-state index in [0.717, 1.165) is 18.7 Å². The topological polar surface area (TPSA) is 105 Å². The van der Waals surface area contributed by atoms with Gasteiger partial charge in [0, 0.05) is 6.42 Å². The van der Waals surface area contributed by atoms with E-state index in [1.807, 2.05) is 0 Å². The minimum atomic E-state index is -0.651. The second kappa shape index (κ2) is 7.01. The first kappa shape index (κ1) is 15.2. The normalized spacial score (nSPS) is 15.6. The van der Waals surface area contributed by atoms with E-state index in [1.165, 1.54) is 32.1 Å². The van der Waals surface area contributed by atoms with Gasteiger partial charge in [0.15, 0.2) is 11.6 Å². The van der Waals surface area contributed by atoms with Gasteiger partial charge in [0.25, 0.3) is 5.69 Å². The van der Waals surface area contributed by atoms with Crippen LogP contribution in [0.2, 0.25) is 0 Å². The van der Waals surface area contributed by atoms with Crippen molar-refractivity contribution < 1.29 is 14.8 Å². The van der Waals surface area contributed by atoms with Crippen molar-refractivity contribution in [3.8, 4) is 5.75 Å². The van der Waals surface area contributed by atoms with Gasteiger partial charge in [-0.1, -0.05) is 32.1 Å². The van der Waals surface area contributed by atoms with Gasteiger partial charge in [0.2, 0.25) is 5.91 Å². The number of pyridine rings is 1. The Kier molecular flexibility index (Phi) is 5.08. The third-order valence-corrected chi connectivity index (χ3v) is 3.83. The summed E-state index contributed by atoms with van der Waals surface area (Å²) < 4.78 is 0. The molecule has 0 bridgehead atoms. The fourth-order valence-corrected chi connectivity index (χ4v) is 2.64. The van der Waals surface area contributed by atoms with Crippen molar-refractivity contribution in [2.75, 3.05) is 5.32 Å². The maximum Gasteiger partial charge on any atom is 0.291 e. The fraction of sp³-hybridized carbons (Fsp3) is 0.571. The van der Waals surface area contributed by atoms with Crippen molar-refractivity contribution in [2.24, 2.45) is 5.92 Å². The molecular formula is C14H19N3O4. The maximum atomic E-state index is 11.8. The number of hydrogen-bond acceptors (Lipinski definition) is 5. The zero-order chi connectivity index (χ0) is 15.2. The Morgan fingerprint density at radius 2 is 2.14 bits per heavy atom. The number of aromatic hydroxyl groups is 1. The zero-order valence-electron chi connectivity index (χ0n) is 11.7. The molecule has 1 aromatic rings. The van der Waals surface area contributed by atoms with Gasteiger partial charge in [-0.15, -0.1) is 0 Å². The summed E-state index contributed by atoms with van der Waals surface area (Å²) in [5.41, 5.74) is -0.312. The standard InChI is InChI=1S/C14H19N3O4/c18-12-8-11(17(20)21)9-15-14(12)16-13(19)7-6-10-4-2-1-3-5-10/h8-10,18H,1-7H2,(H,15,16,19). The summed E-state index contributed by atoms with van der Waals surface area (Å²) >= 11 is 0. The van der Waals surface area contributed by atoms with Crippen LogP contribution in [0.4, 0.5) is 11.5 Å². The molecule has 1 saturated carbocycles. The SMILES string of the molecule is O=C(CCC1CCCCC1)Nc1ncc([N+](=O)[O-])cc1O. The number of aromatic nitrogens is 1. The van der Waals surface area contributed by atoms with E-state index in [0.29, 0.717) is 12.3 Å². The van der Waals surface area contributed by atoms with Gasteiger partial charge in [-0.05, 0) is 12.3 Å². The van der Waals surface area contributed by atoms with Crippen LogP contribution in [0.3, 0.4) is 0 Å². The molecule has 7 heteroatoms. The first-order chi connectivity index (χ1) is 10.1. The molecule has 0 aromatic carbocycles. The molecule has 21 heavy (non-hydrogen) atoms. The number of carbonyl (C=O) groups excluding carboxylic acids is 1. The van der Waals surface area contributed by atoms with Crippen LogP contribution in [0.15, 0.2) is 12.3 Å². The van der Waals surface area contributed by atoms with Crippen LogP contribution < -0.4 is 5.32 Å². The lowest BCUT2D eigenvalue weighted by Crippen LogP contribution is -2.15. The van der Waals surface area contributed by atoms with Crippen molar-refractivity contribution in [3.05, 3.63) is 22.4 Å². The van der Waals surface area contributed by atoms with E-state index in [9.17, 15) is 20.0 Å². The third kappa shape index (κ3) is 4.40. The van der Waals surface area contributed by atoms with Crippen LogP contribution in [0, 0.1) is 16.0 Å². The van der Waals surface area contributed by atoms with E-state index in [2.05, 4.69) is 10.3 Å². The van der Waals surface area contributed by atoms with Gasteiger partial charge in [0.05, 0.1) is 11.0 Å². The highest BCUT2D eigenvalue weighted by Crippen LogP contribution is 2.28. The molecule has 2 N–H and O–H groups in total. The molecule has 0 saturated heterocycles. The molecule has 2 rings (SSSR count). The first-order valence-corrected chi connectivity index (χ1v) is 7.19. The predicted octanol–water partition coefficient (Wildman–Crippen LogP) is 2.99. The molecule has 1 aromatic heterocycles. The lowest BCUT2D eigenvalue weighted by molar-refractivity contribution is -0.385. The number of amides is 1. The largest absolute Gasteiger partial charge is 0.504 e. The highest BCUT2D eigenvalue weighted by atomic mass is 16.6. The van der Waals surface area contributed by atoms with E-state index < -0.39 is 10.7 Å². The highest BCUT2D eigenvalue weighted by Gasteiger charge is 2.17. The van der Waals surface area contributed by atoms with E-state index in [4.69, 9.17) is 0 Å². The smallest absolute Gasteiger partial charge is 0.291 e. The Morgan fingerprint density at radius 1 is 1.43 bits per heavy atom. The minimum absolute atomic E-state index is 0.0331. The molecule has 0 unspecified atom stereocenters. The molecule has 1 amide bonds. The summed E-state index contributed by atoms with van der Waals surface area (Å²) in [6, 6.07) is 0.976. The number of nitrogens with zero attached hydrogens (tertiary/aromatic N) is 2. The summed E-state index contributed by atoms with van der Waals surface area (Å²) in [7, 11) is 0. The number of hydrogen-bond donors (Lipinski definition) is 2. The molecule has 1 aliphatic rings. The zero-order valence-corrected chi connectivity index (χ0v) is 11.7. The summed E-state index contributed by atoms with van der Waals surface area (Å²) in [5.74, 6) is -0.0513. The molecule has 0 radical (unpaired) electrons. The molecule has 0 aliphatic heterocycles. The molecule has 1 heterocycles. The van der Waals surface area contributed by atoms with Gasteiger partial charge in [-0.3, -0.25) is 14.9 Å². The Bertz CT molecular complexity index is 527. The lowest BCUT2D eigenvalue weighted by atomic mass is 9.86. The van der Waals surface area contributed by atoms with Gasteiger partial charge in [0.1, 0.15) is 6.20 Å². The summed E-state index contributed by atoms with van der Waals surface area (Å²) in [6.07, 6.45) is 8.32. The second-order valence-electron chi connectivity index (χ2n) is 5.41. The van der Waals surface area contributed by atoms with Crippen molar-refractivity contribution >= 4 is 17.4 Å². The lowest BCUT2D eigenvalue weighted by Gasteiger charge is -2.20. The van der Waals surface area contributed by atoms with Crippen LogP contribution in [0.5, 0.6) is 5.75 Å². The molecule has 1 aliphatic carbocycles. The van der Waals surface area contributed by atoms with Gasteiger partial charge in [-0.25, -0.2) is 4.98 Å². The number of carbonyl (C=O) groups is 1. The quantitative estimate of drug-likeness (QED) is 0.641. The number of rotatable bonds is 5. The third-order valence-electron chi connectivity index (χ3n) is 3.83. The van der Waals surface area contributed by atoms with Crippen LogP contribution in [0.25, 0.3) is 0 Å². The number of anilines is 1. The summed E-state index contributed by atoms with van der Waals surface area (Å²) in [4.78, 5) is 25.4. The molecule has 0 atom stereocenters. The first-order valence-electron chi connectivity index (χ1n) is 7.19. The monoisotopic (exact) mass is 293 g/mol. The molecule has 114 valence electrons. The van der Waals surface area contributed by atoms with Crippen LogP contribution in [0.1, 0.15) is 44.9 Å². The average Bonchev–Trinajstić information content (AvgIpc) is 2.48. The Balaban J connectivity index is 1.85. The average molecular weight is 293 g/mol. The van der Waals surface area contributed by atoms with Gasteiger partial charge >= 0.3 is 0 Å². The van der Waals surface area contributed by atoms with Crippen molar-refractivity contribution in [3.63, 3.8) is 0 Å². The van der Waals surface area contributed by atoms with Crippen molar-refractivity contribution in [1.29, 1.82) is 0 Å². The van der Waals surface area contributed by atoms with Gasteiger partial charge < -0.3 is 10.4 Å². The van der Waals surface area contributed by atoms with Crippen molar-refractivity contribution in [2.45, 2.75) is 44.9 Å². The molecular weight excluding hydrogens is 274 g/mol. The second-order valence-corrected chi connectivity index (χ2v) is 5.41. The van der Waals surface area contributed by atoms with Crippen LogP contribution in [-0.4, -0.2) is 20.9 Å². The van der Waals surface area contributed by atoms with E-state index in [1.54, 1.807) is 0 Å². The number of nitrogens with one attached hydrogen (secondary N) is 1. The summed E-state index contributed by atoms with van der Waals surface area (Å²) in [5, 5.41) is 22.6. The maximum absolute atomic E-state index is 11.8.